The maximum Gasteiger partial charge on any atom is 0.341 e. The summed E-state index contributed by atoms with van der Waals surface area (Å²) in [4.78, 5) is 12.1. The maximum absolute atomic E-state index is 14.9. The zero-order chi connectivity index (χ0) is 22.4. The second-order valence-corrected chi connectivity index (χ2v) is 8.17. The molecule has 3 nitrogen and oxygen atoms in total. The van der Waals surface area contributed by atoms with Crippen molar-refractivity contribution in [1.82, 2.24) is 0 Å². The molecule has 0 aromatic heterocycles. The van der Waals surface area contributed by atoms with Gasteiger partial charge in [-0.05, 0) is 53.6 Å². The summed E-state index contributed by atoms with van der Waals surface area (Å²) >= 11 is 5.96. The number of hydrogen-bond donors (Lipinski definition) is 0. The van der Waals surface area contributed by atoms with Crippen molar-refractivity contribution in [1.29, 1.82) is 0 Å². The Labute approximate surface area is 187 Å². The largest absolute Gasteiger partial charge is 0.465 e. The molecule has 0 saturated carbocycles. The zero-order valence-electron chi connectivity index (χ0n) is 17.7. The van der Waals surface area contributed by atoms with Crippen LogP contribution in [0, 0.1) is 0 Å². The van der Waals surface area contributed by atoms with Crippen LogP contribution in [0.4, 0.5) is 4.39 Å². The summed E-state index contributed by atoms with van der Waals surface area (Å²) in [6.07, 6.45) is 1.67. The van der Waals surface area contributed by atoms with Gasteiger partial charge in [-0.15, -0.1) is 0 Å². The fourth-order valence-electron chi connectivity index (χ4n) is 3.26. The van der Waals surface area contributed by atoms with Crippen molar-refractivity contribution in [2.24, 2.45) is 0 Å². The Morgan fingerprint density at radius 2 is 1.71 bits per heavy atom. The number of para-hydroxylation sites is 1. The van der Waals surface area contributed by atoms with Gasteiger partial charge in [-0.3, -0.25) is 0 Å². The second kappa shape index (κ2) is 9.80. The minimum atomic E-state index is -0.516. The third-order valence-corrected chi connectivity index (χ3v) is 5.15. The number of halogens is 2. The Hall–Kier alpha value is -3.11. The summed E-state index contributed by atoms with van der Waals surface area (Å²) in [5.41, 5.74) is 1.41. The van der Waals surface area contributed by atoms with E-state index in [2.05, 4.69) is 0 Å². The maximum atomic E-state index is 14.9. The molecule has 0 fully saturated rings. The van der Waals surface area contributed by atoms with Crippen LogP contribution in [-0.2, 0) is 16.6 Å². The molecular weight excluding hydrogens is 415 g/mol. The molecule has 0 heterocycles. The summed E-state index contributed by atoms with van der Waals surface area (Å²) < 4.78 is 25.7. The van der Waals surface area contributed by atoms with Crippen LogP contribution in [0.2, 0.25) is 5.02 Å². The van der Waals surface area contributed by atoms with Crippen molar-refractivity contribution < 1.29 is 18.7 Å². The van der Waals surface area contributed by atoms with Crippen LogP contribution in [0.5, 0.6) is 11.5 Å². The Kier molecular flexibility index (Phi) is 7.13. The van der Waals surface area contributed by atoms with Gasteiger partial charge in [0.25, 0.3) is 0 Å². The number of carbonyl (C=O) groups is 1. The van der Waals surface area contributed by atoms with E-state index in [1.807, 2.05) is 44.2 Å². The van der Waals surface area contributed by atoms with E-state index >= 15 is 0 Å². The number of esters is 1. The van der Waals surface area contributed by atoms with E-state index in [0.717, 1.165) is 5.56 Å². The Balaban J connectivity index is 1.86. The van der Waals surface area contributed by atoms with E-state index in [9.17, 15) is 9.18 Å². The summed E-state index contributed by atoms with van der Waals surface area (Å²) in [6.45, 7) is 3.89. The summed E-state index contributed by atoms with van der Waals surface area (Å²) in [6, 6.07) is 21.4. The van der Waals surface area contributed by atoms with Crippen LogP contribution >= 0.6 is 11.6 Å². The first-order chi connectivity index (χ1) is 14.8. The molecule has 5 heteroatoms. The first kappa shape index (κ1) is 22.6. The summed E-state index contributed by atoms with van der Waals surface area (Å²) in [5.74, 6) is 0.0961. The topological polar surface area (TPSA) is 35.5 Å². The molecule has 0 aliphatic rings. The van der Waals surface area contributed by atoms with Gasteiger partial charge >= 0.3 is 5.97 Å². The van der Waals surface area contributed by atoms with Crippen LogP contribution in [0.1, 0.15) is 35.3 Å². The molecule has 0 atom stereocenters. The molecule has 0 N–H and O–H groups in total. The van der Waals surface area contributed by atoms with E-state index < -0.39 is 11.4 Å². The van der Waals surface area contributed by atoms with Gasteiger partial charge in [0.15, 0.2) is 0 Å². The van der Waals surface area contributed by atoms with E-state index in [0.29, 0.717) is 22.1 Å². The molecule has 31 heavy (non-hydrogen) atoms. The standard InChI is InChI=1S/C26H24ClFO3/c1-26(2,19-10-12-20(27)13-11-19)17-21(28)15-18-9-14-23(25(29)30-3)24(16-18)31-22-7-5-4-6-8-22/h4-14,16-17H,15H2,1-3H3/b21-17-. The van der Waals surface area contributed by atoms with E-state index in [4.69, 9.17) is 21.1 Å². The summed E-state index contributed by atoms with van der Waals surface area (Å²) in [5, 5.41) is 0.639. The molecule has 0 aliphatic carbocycles. The van der Waals surface area contributed by atoms with Gasteiger partial charge in [0.2, 0.25) is 0 Å². The van der Waals surface area contributed by atoms with Gasteiger partial charge in [-0.25, -0.2) is 9.18 Å². The number of ether oxygens (including phenoxy) is 2. The fraction of sp³-hybridized carbons (Fsp3) is 0.192. The first-order valence-electron chi connectivity index (χ1n) is 9.86. The minimum absolute atomic E-state index is 0.0730. The predicted molar refractivity (Wildman–Crippen MR) is 122 cm³/mol. The van der Waals surface area contributed by atoms with Gasteiger partial charge in [-0.1, -0.05) is 61.8 Å². The highest BCUT2D eigenvalue weighted by Crippen LogP contribution is 2.31. The SMILES string of the molecule is COC(=O)c1ccc(C/C(F)=C/C(C)(C)c2ccc(Cl)cc2)cc1Oc1ccccc1. The Morgan fingerprint density at radius 3 is 2.35 bits per heavy atom. The molecule has 0 spiro atoms. The molecule has 0 saturated heterocycles. The van der Waals surface area contributed by atoms with Gasteiger partial charge < -0.3 is 9.47 Å². The average molecular weight is 439 g/mol. The lowest BCUT2D eigenvalue weighted by molar-refractivity contribution is 0.0598. The predicted octanol–water partition coefficient (Wildman–Crippen LogP) is 7.29. The van der Waals surface area contributed by atoms with E-state index in [-0.39, 0.29) is 17.8 Å². The quantitative estimate of drug-likeness (QED) is 0.363. The van der Waals surface area contributed by atoms with Crippen LogP contribution in [0.3, 0.4) is 0 Å². The number of hydrogen-bond acceptors (Lipinski definition) is 3. The van der Waals surface area contributed by atoms with Crippen molar-refractivity contribution in [3.8, 4) is 11.5 Å². The van der Waals surface area contributed by atoms with Gasteiger partial charge in [0.1, 0.15) is 22.9 Å². The molecular formula is C26H24ClFO3. The molecule has 160 valence electrons. The fourth-order valence-corrected chi connectivity index (χ4v) is 3.38. The van der Waals surface area contributed by atoms with Crippen molar-refractivity contribution in [2.75, 3.05) is 7.11 Å². The summed E-state index contributed by atoms with van der Waals surface area (Å²) in [7, 11) is 1.31. The van der Waals surface area contributed by atoms with Crippen LogP contribution in [-0.4, -0.2) is 13.1 Å². The van der Waals surface area contributed by atoms with Crippen LogP contribution < -0.4 is 4.74 Å². The second-order valence-electron chi connectivity index (χ2n) is 7.73. The van der Waals surface area contributed by atoms with E-state index in [1.54, 1.807) is 48.5 Å². The monoisotopic (exact) mass is 438 g/mol. The Bertz CT molecular complexity index is 1070. The third kappa shape index (κ3) is 5.96. The molecule has 0 amide bonds. The van der Waals surface area contributed by atoms with Crippen molar-refractivity contribution in [3.63, 3.8) is 0 Å². The highest BCUT2D eigenvalue weighted by molar-refractivity contribution is 6.30. The van der Waals surface area contributed by atoms with Crippen molar-refractivity contribution in [3.05, 3.63) is 106 Å². The first-order valence-corrected chi connectivity index (χ1v) is 10.2. The normalized spacial score (nSPS) is 11.8. The van der Waals surface area contributed by atoms with Crippen molar-refractivity contribution in [2.45, 2.75) is 25.7 Å². The van der Waals surface area contributed by atoms with E-state index in [1.165, 1.54) is 7.11 Å². The van der Waals surface area contributed by atoms with Gasteiger partial charge in [0.05, 0.1) is 7.11 Å². The van der Waals surface area contributed by atoms with Gasteiger partial charge in [-0.2, -0.15) is 0 Å². The number of methoxy groups -OCH3 is 1. The average Bonchev–Trinajstić information content (AvgIpc) is 2.74. The van der Waals surface area contributed by atoms with Gasteiger partial charge in [0, 0.05) is 16.9 Å². The third-order valence-electron chi connectivity index (χ3n) is 4.90. The highest BCUT2D eigenvalue weighted by atomic mass is 35.5. The molecule has 0 bridgehead atoms. The van der Waals surface area contributed by atoms with Crippen LogP contribution in [0.15, 0.2) is 84.7 Å². The molecule has 0 unspecified atom stereocenters. The molecule has 3 aromatic rings. The molecule has 0 radical (unpaired) electrons. The number of benzene rings is 3. The zero-order valence-corrected chi connectivity index (χ0v) is 18.4. The minimum Gasteiger partial charge on any atom is -0.465 e. The molecule has 3 rings (SSSR count). The smallest absolute Gasteiger partial charge is 0.341 e. The number of carbonyl (C=O) groups excluding carboxylic acids is 1. The lowest BCUT2D eigenvalue weighted by Gasteiger charge is -2.21. The highest BCUT2D eigenvalue weighted by Gasteiger charge is 2.20. The lowest BCUT2D eigenvalue weighted by atomic mass is 9.84. The molecule has 3 aromatic carbocycles. The Morgan fingerprint density at radius 1 is 1.03 bits per heavy atom. The number of rotatable bonds is 7. The van der Waals surface area contributed by atoms with Crippen LogP contribution in [0.25, 0.3) is 0 Å². The number of allylic oxidation sites excluding steroid dienone is 2. The molecule has 0 aliphatic heterocycles. The lowest BCUT2D eigenvalue weighted by Crippen LogP contribution is -2.14. The van der Waals surface area contributed by atoms with Crippen molar-refractivity contribution >= 4 is 17.6 Å².